The number of nitrogens with one attached hydrogen (secondary N) is 1. The summed E-state index contributed by atoms with van der Waals surface area (Å²) in [6.45, 7) is 6.28. The number of aromatic nitrogens is 1. The smallest absolute Gasteiger partial charge is 0.309 e. The van der Waals surface area contributed by atoms with E-state index in [1.54, 1.807) is 12.0 Å². The number of methoxy groups -OCH3 is 1. The van der Waals surface area contributed by atoms with E-state index in [-0.39, 0.29) is 24.0 Å². The Morgan fingerprint density at radius 1 is 1.31 bits per heavy atom. The number of carbonyl (C=O) groups excluding carboxylic acids is 1. The van der Waals surface area contributed by atoms with E-state index >= 15 is 0 Å². The van der Waals surface area contributed by atoms with E-state index in [0.717, 1.165) is 54.6 Å². The highest BCUT2D eigenvalue weighted by Gasteiger charge is 2.48. The lowest BCUT2D eigenvalue weighted by Gasteiger charge is -2.48. The Balaban J connectivity index is 1.55. The van der Waals surface area contributed by atoms with Crippen molar-refractivity contribution in [1.29, 1.82) is 0 Å². The van der Waals surface area contributed by atoms with E-state index in [2.05, 4.69) is 17.6 Å². The molecule has 1 unspecified atom stereocenters. The van der Waals surface area contributed by atoms with Gasteiger partial charge in [0.1, 0.15) is 11.8 Å². The first-order valence-electron chi connectivity index (χ1n) is 10.8. The Hall–Kier alpha value is -2.40. The summed E-state index contributed by atoms with van der Waals surface area (Å²) in [6.07, 6.45) is 7.93. The van der Waals surface area contributed by atoms with Crippen molar-refractivity contribution < 1.29 is 19.2 Å². The Morgan fingerprint density at radius 3 is 2.86 bits per heavy atom. The van der Waals surface area contributed by atoms with Crippen LogP contribution in [-0.2, 0) is 9.53 Å². The average molecular weight is 394 g/mol. The highest BCUT2D eigenvalue weighted by molar-refractivity contribution is 5.84. The van der Waals surface area contributed by atoms with Crippen LogP contribution in [0.4, 0.5) is 0 Å². The number of ether oxygens (including phenoxy) is 2. The molecule has 5 heteroatoms. The number of hydrogen-bond donors (Lipinski definition) is 1. The molecule has 5 nitrogen and oxygen atoms in total. The van der Waals surface area contributed by atoms with Crippen LogP contribution in [0.2, 0.25) is 0 Å². The molecule has 152 valence electrons. The number of piperidine rings is 3. The number of carbonyl (C=O) groups is 1. The molecule has 1 aliphatic carbocycles. The Morgan fingerprint density at radius 2 is 2.17 bits per heavy atom. The Labute approximate surface area is 171 Å². The van der Waals surface area contributed by atoms with Gasteiger partial charge in [0, 0.05) is 35.9 Å². The lowest BCUT2D eigenvalue weighted by atomic mass is 9.73. The van der Waals surface area contributed by atoms with Crippen LogP contribution >= 0.6 is 0 Å². The maximum absolute atomic E-state index is 12.7. The summed E-state index contributed by atoms with van der Waals surface area (Å²) in [5.41, 5.74) is 1.97. The number of hydrogen-bond acceptors (Lipinski definition) is 4. The molecule has 4 aliphatic rings. The van der Waals surface area contributed by atoms with Crippen molar-refractivity contribution in [2.24, 2.45) is 17.8 Å². The number of fused-ring (bicyclic) bond motifs is 4. The zero-order valence-electron chi connectivity index (χ0n) is 17.0. The lowest BCUT2D eigenvalue weighted by molar-refractivity contribution is -0.949. The monoisotopic (exact) mass is 393 g/mol. The van der Waals surface area contributed by atoms with E-state index in [1.165, 1.54) is 6.42 Å². The van der Waals surface area contributed by atoms with Gasteiger partial charge >= 0.3 is 5.97 Å². The van der Waals surface area contributed by atoms with Crippen molar-refractivity contribution >= 4 is 16.9 Å². The summed E-state index contributed by atoms with van der Waals surface area (Å²) in [5, 5.41) is 1.02. The highest BCUT2D eigenvalue weighted by Crippen LogP contribution is 2.39. The van der Waals surface area contributed by atoms with Gasteiger partial charge in [-0.15, -0.1) is 6.58 Å². The second-order valence-electron chi connectivity index (χ2n) is 8.82. The first kappa shape index (κ1) is 18.6. The van der Waals surface area contributed by atoms with Gasteiger partial charge in [0.05, 0.1) is 31.6 Å². The fourth-order valence-corrected chi connectivity index (χ4v) is 5.32. The molecule has 5 atom stereocenters. The number of nitrogens with zero attached hydrogens (tertiary/aromatic N) is 1. The standard InChI is InChI=1S/C24H28N2O3/c1-3-15-14-26-11-9-17(15)12-22(26)23(29-24(27)16-4-5-16)19-8-10-25-21-7-6-18(28-2)13-20(19)21/h3,6-8,10,13,15-17,22-23H,1,4-5,9,11-12,14H2,2H3/p+1/t15-,17+,22-,23+/m0/s1. The van der Waals surface area contributed by atoms with Crippen LogP contribution in [0.15, 0.2) is 43.1 Å². The van der Waals surface area contributed by atoms with Crippen molar-refractivity contribution in [3.05, 3.63) is 48.7 Å². The lowest BCUT2D eigenvalue weighted by Crippen LogP contribution is -3.20. The fourth-order valence-electron chi connectivity index (χ4n) is 5.32. The predicted molar refractivity (Wildman–Crippen MR) is 111 cm³/mol. The van der Waals surface area contributed by atoms with Gasteiger partial charge in [0.15, 0.2) is 6.10 Å². The minimum atomic E-state index is -0.246. The van der Waals surface area contributed by atoms with Crippen LogP contribution < -0.4 is 9.64 Å². The van der Waals surface area contributed by atoms with Gasteiger partial charge in [-0.05, 0) is 43.0 Å². The van der Waals surface area contributed by atoms with E-state index < -0.39 is 0 Å². The maximum Gasteiger partial charge on any atom is 0.309 e. The predicted octanol–water partition coefficient (Wildman–Crippen LogP) is 2.72. The topological polar surface area (TPSA) is 52.9 Å². The zero-order valence-corrected chi connectivity index (χ0v) is 17.0. The molecule has 29 heavy (non-hydrogen) atoms. The number of esters is 1. The third-order valence-corrected chi connectivity index (χ3v) is 7.13. The van der Waals surface area contributed by atoms with Crippen LogP contribution in [0.1, 0.15) is 37.4 Å². The molecule has 0 amide bonds. The van der Waals surface area contributed by atoms with Gasteiger partial charge < -0.3 is 14.4 Å². The van der Waals surface area contributed by atoms with Gasteiger partial charge in [0.25, 0.3) is 0 Å². The summed E-state index contributed by atoms with van der Waals surface area (Å²) >= 11 is 0. The number of benzene rings is 1. The van der Waals surface area contributed by atoms with Gasteiger partial charge in [-0.1, -0.05) is 6.08 Å². The maximum atomic E-state index is 12.7. The molecule has 1 saturated carbocycles. The molecule has 4 fully saturated rings. The van der Waals surface area contributed by atoms with Crippen LogP contribution in [-0.4, -0.2) is 37.2 Å². The van der Waals surface area contributed by atoms with E-state index in [4.69, 9.17) is 9.47 Å². The first-order chi connectivity index (χ1) is 14.2. The van der Waals surface area contributed by atoms with Gasteiger partial charge in [-0.2, -0.15) is 0 Å². The third kappa shape index (κ3) is 3.42. The molecule has 1 N–H and O–H groups in total. The summed E-state index contributed by atoms with van der Waals surface area (Å²) in [5.74, 6) is 2.06. The molecule has 3 aliphatic heterocycles. The summed E-state index contributed by atoms with van der Waals surface area (Å²) in [4.78, 5) is 18.8. The average Bonchev–Trinajstić information content (AvgIpc) is 3.62. The summed E-state index contributed by atoms with van der Waals surface area (Å²) < 4.78 is 11.7. The minimum absolute atomic E-state index is 0.0369. The quantitative estimate of drug-likeness (QED) is 0.606. The van der Waals surface area contributed by atoms with Crippen LogP contribution in [0, 0.1) is 17.8 Å². The second-order valence-corrected chi connectivity index (χ2v) is 8.82. The third-order valence-electron chi connectivity index (χ3n) is 7.13. The second kappa shape index (κ2) is 7.45. The molecule has 0 spiro atoms. The van der Waals surface area contributed by atoms with E-state index in [1.807, 2.05) is 30.5 Å². The van der Waals surface area contributed by atoms with Crippen molar-refractivity contribution in [1.82, 2.24) is 4.98 Å². The van der Waals surface area contributed by atoms with Gasteiger partial charge in [0.2, 0.25) is 0 Å². The molecule has 4 heterocycles. The zero-order chi connectivity index (χ0) is 20.0. The molecule has 3 saturated heterocycles. The van der Waals surface area contributed by atoms with Crippen molar-refractivity contribution in [3.8, 4) is 5.75 Å². The van der Waals surface area contributed by atoms with Crippen molar-refractivity contribution in [2.75, 3.05) is 20.2 Å². The Kier molecular flexibility index (Phi) is 4.78. The van der Waals surface area contributed by atoms with Crippen molar-refractivity contribution in [3.63, 3.8) is 0 Å². The summed E-state index contributed by atoms with van der Waals surface area (Å²) in [6, 6.07) is 8.24. The van der Waals surface area contributed by atoms with Gasteiger partial charge in [-0.25, -0.2) is 0 Å². The molecular weight excluding hydrogens is 364 g/mol. The first-order valence-corrected chi connectivity index (χ1v) is 10.8. The molecule has 2 bridgehead atoms. The van der Waals surface area contributed by atoms with E-state index in [0.29, 0.717) is 11.8 Å². The molecule has 2 aromatic rings. The van der Waals surface area contributed by atoms with Crippen LogP contribution in [0.5, 0.6) is 5.75 Å². The SMILES string of the molecule is C=C[C@H]1C[NH+]2CC[C@@H]1C[C@H]2[C@H](OC(=O)C1CC1)c1ccnc2ccc(OC)cc12. The normalized spacial score (nSPS) is 29.4. The van der Waals surface area contributed by atoms with Gasteiger partial charge in [-0.3, -0.25) is 9.78 Å². The highest BCUT2D eigenvalue weighted by atomic mass is 16.5. The Bertz CT molecular complexity index is 939. The van der Waals surface area contributed by atoms with E-state index in [9.17, 15) is 4.79 Å². The minimum Gasteiger partial charge on any atom is -0.497 e. The number of rotatable bonds is 6. The molecule has 1 aromatic carbocycles. The molecule has 1 aromatic heterocycles. The van der Waals surface area contributed by atoms with Crippen molar-refractivity contribution in [2.45, 2.75) is 37.8 Å². The number of quaternary nitrogens is 1. The van der Waals surface area contributed by atoms with Crippen LogP contribution in [0.25, 0.3) is 10.9 Å². The molecule has 0 radical (unpaired) electrons. The molecule has 6 rings (SSSR count). The van der Waals surface area contributed by atoms with Crippen LogP contribution in [0.3, 0.4) is 0 Å². The largest absolute Gasteiger partial charge is 0.497 e. The number of pyridine rings is 1. The fraction of sp³-hybridized carbons (Fsp3) is 0.500. The molecular formula is C24H29N2O3+. The summed E-state index contributed by atoms with van der Waals surface area (Å²) in [7, 11) is 1.67.